The molecule has 8 heteroatoms. The minimum atomic E-state index is -4.68. The highest BCUT2D eigenvalue weighted by Gasteiger charge is 2.40. The maximum absolute atomic E-state index is 11.8. The van der Waals surface area contributed by atoms with Crippen LogP contribution in [0.25, 0.3) is 0 Å². The summed E-state index contributed by atoms with van der Waals surface area (Å²) in [6.45, 7) is 0. The van der Waals surface area contributed by atoms with E-state index in [1.54, 1.807) is 0 Å². The van der Waals surface area contributed by atoms with Crippen molar-refractivity contribution >= 4 is 10.0 Å². The second-order valence-corrected chi connectivity index (χ2v) is 4.94. The van der Waals surface area contributed by atoms with E-state index in [1.165, 1.54) is 0 Å². The van der Waals surface area contributed by atoms with Crippen molar-refractivity contribution < 1.29 is 21.6 Å². The Morgan fingerprint density at radius 3 is 2.00 bits per heavy atom. The molecule has 0 aromatic rings. The number of alkyl halides is 3. The summed E-state index contributed by atoms with van der Waals surface area (Å²) in [5.74, 6) is -1.12. The number of hydrogen-bond acceptors (Lipinski definition) is 3. The molecule has 0 saturated carbocycles. The predicted molar refractivity (Wildman–Crippen MR) is 41.5 cm³/mol. The van der Waals surface area contributed by atoms with Gasteiger partial charge in [0.25, 0.3) is 0 Å². The third-order valence-electron chi connectivity index (χ3n) is 1.37. The number of sulfonamides is 1. The van der Waals surface area contributed by atoms with Crippen molar-refractivity contribution in [3.8, 4) is 0 Å². The lowest BCUT2D eigenvalue weighted by Crippen LogP contribution is -2.45. The van der Waals surface area contributed by atoms with Crippen LogP contribution >= 0.6 is 0 Å². The summed E-state index contributed by atoms with van der Waals surface area (Å²) in [6, 6.07) is -2.33. The first kappa shape index (κ1) is 12.7. The minimum Gasteiger partial charge on any atom is -0.319 e. The average molecular weight is 220 g/mol. The van der Waals surface area contributed by atoms with Crippen LogP contribution in [0.3, 0.4) is 0 Å². The van der Waals surface area contributed by atoms with Gasteiger partial charge in [-0.15, -0.1) is 0 Å². The molecular weight excluding hydrogens is 209 g/mol. The zero-order valence-electron chi connectivity index (χ0n) is 7.17. The number of nitrogens with two attached hydrogens (primary N) is 1. The van der Waals surface area contributed by atoms with Gasteiger partial charge in [0.05, 0.1) is 5.75 Å². The lowest BCUT2D eigenvalue weighted by Gasteiger charge is -2.18. The first-order valence-corrected chi connectivity index (χ1v) is 4.91. The molecule has 0 radical (unpaired) electrons. The molecule has 80 valence electrons. The highest BCUT2D eigenvalue weighted by atomic mass is 32.2. The van der Waals surface area contributed by atoms with E-state index < -0.39 is 28.0 Å². The van der Waals surface area contributed by atoms with Crippen molar-refractivity contribution in [1.82, 2.24) is 4.31 Å². The second-order valence-electron chi connectivity index (χ2n) is 2.71. The molecule has 4 nitrogen and oxygen atoms in total. The summed E-state index contributed by atoms with van der Waals surface area (Å²) < 4.78 is 58.1. The van der Waals surface area contributed by atoms with Gasteiger partial charge >= 0.3 is 6.18 Å². The van der Waals surface area contributed by atoms with Crippen molar-refractivity contribution in [2.75, 3.05) is 19.8 Å². The van der Waals surface area contributed by atoms with Gasteiger partial charge in [-0.05, 0) is 0 Å². The van der Waals surface area contributed by atoms with Gasteiger partial charge in [-0.25, -0.2) is 12.7 Å². The average Bonchev–Trinajstić information content (AvgIpc) is 1.83. The Kier molecular flexibility index (Phi) is 3.71. The second kappa shape index (κ2) is 3.81. The third kappa shape index (κ3) is 3.92. The van der Waals surface area contributed by atoms with Crippen LogP contribution in [0.5, 0.6) is 0 Å². The fourth-order valence-electron chi connectivity index (χ4n) is 0.470. The number of nitrogens with zero attached hydrogens (tertiary/aromatic N) is 1. The molecule has 0 bridgehead atoms. The topological polar surface area (TPSA) is 63.4 Å². The quantitative estimate of drug-likeness (QED) is 0.714. The van der Waals surface area contributed by atoms with Crippen molar-refractivity contribution in [2.24, 2.45) is 5.73 Å². The van der Waals surface area contributed by atoms with Crippen LogP contribution in [0.15, 0.2) is 0 Å². The van der Waals surface area contributed by atoms with Crippen LogP contribution in [0, 0.1) is 0 Å². The molecule has 1 unspecified atom stereocenters. The van der Waals surface area contributed by atoms with Crippen molar-refractivity contribution in [1.29, 1.82) is 0 Å². The molecule has 0 aromatic heterocycles. The van der Waals surface area contributed by atoms with Gasteiger partial charge in [0, 0.05) is 14.1 Å². The van der Waals surface area contributed by atoms with E-state index in [4.69, 9.17) is 0 Å². The number of rotatable bonds is 3. The Morgan fingerprint density at radius 1 is 1.38 bits per heavy atom. The molecular formula is C5H11F3N2O2S. The molecule has 0 aliphatic heterocycles. The Balaban J connectivity index is 4.48. The fourth-order valence-corrected chi connectivity index (χ4v) is 1.41. The number of halogens is 3. The molecule has 0 fully saturated rings. The fraction of sp³-hybridized carbons (Fsp3) is 1.00. The Bertz CT molecular complexity index is 259. The molecule has 0 rings (SSSR count). The zero-order valence-corrected chi connectivity index (χ0v) is 7.98. The molecule has 0 aliphatic carbocycles. The molecule has 0 saturated heterocycles. The smallest absolute Gasteiger partial charge is 0.319 e. The molecule has 1 atom stereocenters. The summed E-state index contributed by atoms with van der Waals surface area (Å²) in [4.78, 5) is 0. The van der Waals surface area contributed by atoms with Crippen LogP contribution in [-0.2, 0) is 10.0 Å². The molecule has 2 N–H and O–H groups in total. The molecule has 0 heterocycles. The standard InChI is InChI=1S/C5H11F3N2O2S/c1-10(2)13(11,12)3-4(9)5(6,7)8/h4H,3,9H2,1-2H3. The van der Waals surface area contributed by atoms with E-state index in [1.807, 2.05) is 0 Å². The van der Waals surface area contributed by atoms with Gasteiger partial charge in [0.1, 0.15) is 6.04 Å². The SMILES string of the molecule is CN(C)S(=O)(=O)CC(N)C(F)(F)F. The van der Waals surface area contributed by atoms with E-state index in [2.05, 4.69) is 5.73 Å². The van der Waals surface area contributed by atoms with Crippen LogP contribution < -0.4 is 5.73 Å². The largest absolute Gasteiger partial charge is 0.404 e. The molecule has 0 aromatic carbocycles. The van der Waals surface area contributed by atoms with Gasteiger partial charge < -0.3 is 5.73 Å². The normalized spacial score (nSPS) is 16.2. The van der Waals surface area contributed by atoms with E-state index in [0.717, 1.165) is 14.1 Å². The van der Waals surface area contributed by atoms with E-state index in [9.17, 15) is 21.6 Å². The predicted octanol–water partition coefficient (Wildman–Crippen LogP) is -0.233. The Labute approximate surface area is 74.6 Å². The van der Waals surface area contributed by atoms with Gasteiger partial charge in [-0.2, -0.15) is 13.2 Å². The van der Waals surface area contributed by atoms with Gasteiger partial charge in [0.15, 0.2) is 0 Å². The third-order valence-corrected chi connectivity index (χ3v) is 3.26. The maximum atomic E-state index is 11.8. The van der Waals surface area contributed by atoms with E-state index in [-0.39, 0.29) is 0 Å². The van der Waals surface area contributed by atoms with Crippen molar-refractivity contribution in [2.45, 2.75) is 12.2 Å². The Morgan fingerprint density at radius 2 is 1.77 bits per heavy atom. The van der Waals surface area contributed by atoms with Crippen molar-refractivity contribution in [3.63, 3.8) is 0 Å². The van der Waals surface area contributed by atoms with Crippen LogP contribution in [0.1, 0.15) is 0 Å². The summed E-state index contributed by atoms with van der Waals surface area (Å²) in [7, 11) is -1.59. The Hall–Kier alpha value is -0.340. The number of hydrogen-bond donors (Lipinski definition) is 1. The molecule has 13 heavy (non-hydrogen) atoms. The monoisotopic (exact) mass is 220 g/mol. The van der Waals surface area contributed by atoms with E-state index >= 15 is 0 Å². The first-order valence-electron chi connectivity index (χ1n) is 3.30. The van der Waals surface area contributed by atoms with Crippen LogP contribution in [-0.4, -0.2) is 44.8 Å². The first-order chi connectivity index (χ1) is 5.57. The minimum absolute atomic E-state index is 0.707. The van der Waals surface area contributed by atoms with Crippen LogP contribution in [0.2, 0.25) is 0 Å². The maximum Gasteiger partial charge on any atom is 0.404 e. The zero-order chi connectivity index (χ0) is 10.9. The highest BCUT2D eigenvalue weighted by Crippen LogP contribution is 2.19. The lowest BCUT2D eigenvalue weighted by molar-refractivity contribution is -0.142. The van der Waals surface area contributed by atoms with Gasteiger partial charge in [0.2, 0.25) is 10.0 Å². The molecule has 0 spiro atoms. The van der Waals surface area contributed by atoms with Gasteiger partial charge in [-0.3, -0.25) is 0 Å². The lowest BCUT2D eigenvalue weighted by atomic mass is 10.4. The summed E-state index contributed by atoms with van der Waals surface area (Å²) in [5, 5.41) is 0. The molecule has 0 amide bonds. The summed E-state index contributed by atoms with van der Waals surface area (Å²) in [5.41, 5.74) is 4.64. The van der Waals surface area contributed by atoms with Gasteiger partial charge in [-0.1, -0.05) is 0 Å². The van der Waals surface area contributed by atoms with E-state index in [0.29, 0.717) is 4.31 Å². The molecule has 0 aliphatic rings. The highest BCUT2D eigenvalue weighted by molar-refractivity contribution is 7.89. The van der Waals surface area contributed by atoms with Crippen LogP contribution in [0.4, 0.5) is 13.2 Å². The summed E-state index contributed by atoms with van der Waals surface area (Å²) >= 11 is 0. The summed E-state index contributed by atoms with van der Waals surface area (Å²) in [6.07, 6.45) is -4.68. The van der Waals surface area contributed by atoms with Crippen molar-refractivity contribution in [3.05, 3.63) is 0 Å².